The number of carbonyl (C=O) groups excluding carboxylic acids is 1. The lowest BCUT2D eigenvalue weighted by Crippen LogP contribution is -2.27. The second-order valence-electron chi connectivity index (χ2n) is 4.34. The molecule has 2 rings (SSSR count). The first-order valence-electron chi connectivity index (χ1n) is 6.15. The number of ether oxygens (including phenoxy) is 1. The van der Waals surface area contributed by atoms with Crippen molar-refractivity contribution < 1.29 is 14.5 Å². The number of methoxy groups -OCH3 is 1. The zero-order valence-electron chi connectivity index (χ0n) is 11.5. The van der Waals surface area contributed by atoms with E-state index in [9.17, 15) is 14.9 Å². The molecule has 1 amide bonds. The number of H-pyrrole nitrogens is 1. The van der Waals surface area contributed by atoms with E-state index in [-0.39, 0.29) is 23.0 Å². The lowest BCUT2D eigenvalue weighted by Gasteiger charge is -2.14. The van der Waals surface area contributed by atoms with Gasteiger partial charge in [0, 0.05) is 17.8 Å². The van der Waals surface area contributed by atoms with Crippen LogP contribution in [0.1, 0.15) is 28.9 Å². The summed E-state index contributed by atoms with van der Waals surface area (Å²) in [6.07, 6.45) is 3.21. The monoisotopic (exact) mass is 290 g/mol. The molecule has 1 aromatic carbocycles. The van der Waals surface area contributed by atoms with Crippen LogP contribution in [0.3, 0.4) is 0 Å². The van der Waals surface area contributed by atoms with Gasteiger partial charge in [0.05, 0.1) is 24.3 Å². The fraction of sp³-hybridized carbons (Fsp3) is 0.231. The van der Waals surface area contributed by atoms with Crippen molar-refractivity contribution in [2.24, 2.45) is 0 Å². The molecule has 0 aliphatic carbocycles. The number of aromatic nitrogens is 2. The van der Waals surface area contributed by atoms with E-state index in [1.54, 1.807) is 19.3 Å². The number of nitro groups is 1. The van der Waals surface area contributed by atoms with Gasteiger partial charge in [-0.2, -0.15) is 5.10 Å². The number of benzene rings is 1. The lowest BCUT2D eigenvalue weighted by molar-refractivity contribution is -0.385. The van der Waals surface area contributed by atoms with E-state index >= 15 is 0 Å². The molecule has 1 heterocycles. The van der Waals surface area contributed by atoms with Crippen molar-refractivity contribution in [1.82, 2.24) is 15.5 Å². The van der Waals surface area contributed by atoms with Crippen molar-refractivity contribution in [1.29, 1.82) is 0 Å². The predicted molar refractivity (Wildman–Crippen MR) is 74.1 cm³/mol. The summed E-state index contributed by atoms with van der Waals surface area (Å²) in [4.78, 5) is 22.8. The van der Waals surface area contributed by atoms with Gasteiger partial charge in [-0.1, -0.05) is 6.07 Å². The highest BCUT2D eigenvalue weighted by atomic mass is 16.6. The van der Waals surface area contributed by atoms with Crippen molar-refractivity contribution in [3.8, 4) is 5.75 Å². The molecular weight excluding hydrogens is 276 g/mol. The fourth-order valence-electron chi connectivity index (χ4n) is 1.92. The number of amides is 1. The van der Waals surface area contributed by atoms with Crippen LogP contribution in [0.2, 0.25) is 0 Å². The van der Waals surface area contributed by atoms with E-state index in [4.69, 9.17) is 4.74 Å². The summed E-state index contributed by atoms with van der Waals surface area (Å²) in [6.45, 7) is 1.75. The van der Waals surface area contributed by atoms with Gasteiger partial charge in [-0.15, -0.1) is 0 Å². The molecule has 0 radical (unpaired) electrons. The maximum Gasteiger partial charge on any atom is 0.285 e. The lowest BCUT2D eigenvalue weighted by atomic mass is 10.1. The smallest absolute Gasteiger partial charge is 0.285 e. The maximum atomic E-state index is 12.3. The molecule has 1 atom stereocenters. The summed E-state index contributed by atoms with van der Waals surface area (Å²) in [6, 6.07) is 3.89. The van der Waals surface area contributed by atoms with E-state index in [0.29, 0.717) is 0 Å². The van der Waals surface area contributed by atoms with Gasteiger partial charge in [0.25, 0.3) is 11.6 Å². The van der Waals surface area contributed by atoms with E-state index < -0.39 is 10.8 Å². The number of nitrogens with one attached hydrogen (secondary N) is 2. The number of aromatic amines is 1. The Kier molecular flexibility index (Phi) is 4.17. The molecule has 8 heteroatoms. The first kappa shape index (κ1) is 14.5. The summed E-state index contributed by atoms with van der Waals surface area (Å²) < 4.78 is 5.05. The summed E-state index contributed by atoms with van der Waals surface area (Å²) in [5.41, 5.74) is 0.368. The normalized spacial score (nSPS) is 11.7. The molecule has 1 unspecified atom stereocenters. The zero-order valence-corrected chi connectivity index (χ0v) is 11.5. The van der Waals surface area contributed by atoms with Crippen LogP contribution in [0.4, 0.5) is 5.69 Å². The quantitative estimate of drug-likeness (QED) is 0.644. The largest absolute Gasteiger partial charge is 0.496 e. The Labute approximate surface area is 120 Å². The van der Waals surface area contributed by atoms with Gasteiger partial charge < -0.3 is 10.1 Å². The highest BCUT2D eigenvalue weighted by Gasteiger charge is 2.26. The molecule has 0 aliphatic rings. The number of carbonyl (C=O) groups is 1. The van der Waals surface area contributed by atoms with Crippen molar-refractivity contribution >= 4 is 11.6 Å². The molecule has 0 aliphatic heterocycles. The minimum absolute atomic E-state index is 0.0969. The van der Waals surface area contributed by atoms with Crippen molar-refractivity contribution in [2.45, 2.75) is 13.0 Å². The molecule has 110 valence electrons. The van der Waals surface area contributed by atoms with Gasteiger partial charge in [-0.25, -0.2) is 0 Å². The van der Waals surface area contributed by atoms with Crippen LogP contribution in [-0.2, 0) is 0 Å². The second kappa shape index (κ2) is 6.04. The molecule has 0 spiro atoms. The molecule has 8 nitrogen and oxygen atoms in total. The minimum Gasteiger partial charge on any atom is -0.496 e. The van der Waals surface area contributed by atoms with E-state index in [1.807, 2.05) is 0 Å². The van der Waals surface area contributed by atoms with Crippen LogP contribution in [0.5, 0.6) is 5.75 Å². The molecule has 2 N–H and O–H groups in total. The van der Waals surface area contributed by atoms with E-state index in [2.05, 4.69) is 15.5 Å². The average Bonchev–Trinajstić information content (AvgIpc) is 3.00. The fourth-order valence-corrected chi connectivity index (χ4v) is 1.92. The molecule has 21 heavy (non-hydrogen) atoms. The number of rotatable bonds is 5. The van der Waals surface area contributed by atoms with Crippen LogP contribution in [0, 0.1) is 10.1 Å². The van der Waals surface area contributed by atoms with E-state index in [1.165, 1.54) is 25.3 Å². The van der Waals surface area contributed by atoms with E-state index in [0.717, 1.165) is 5.56 Å². The Morgan fingerprint density at radius 3 is 2.86 bits per heavy atom. The number of nitrogens with zero attached hydrogens (tertiary/aromatic N) is 2. The highest BCUT2D eigenvalue weighted by Crippen LogP contribution is 2.28. The van der Waals surface area contributed by atoms with Crippen LogP contribution < -0.4 is 10.1 Å². The third-order valence-corrected chi connectivity index (χ3v) is 3.01. The summed E-state index contributed by atoms with van der Waals surface area (Å²) in [5, 5.41) is 20.2. The maximum absolute atomic E-state index is 12.3. The second-order valence-corrected chi connectivity index (χ2v) is 4.34. The Balaban J connectivity index is 2.32. The van der Waals surface area contributed by atoms with Crippen molar-refractivity contribution in [3.05, 3.63) is 51.8 Å². The Morgan fingerprint density at radius 1 is 1.52 bits per heavy atom. The van der Waals surface area contributed by atoms with Gasteiger partial charge in [0.2, 0.25) is 0 Å². The SMILES string of the molecule is COc1cccc([N+](=O)[O-])c1C(=O)NC(C)c1cn[nH]c1. The summed E-state index contributed by atoms with van der Waals surface area (Å²) in [5.74, 6) is -0.422. The Bertz CT molecular complexity index is 654. The Hall–Kier alpha value is -2.90. The third-order valence-electron chi connectivity index (χ3n) is 3.01. The first-order valence-corrected chi connectivity index (χ1v) is 6.15. The standard InChI is InChI=1S/C13H14N4O4/c1-8(9-6-14-15-7-9)16-13(18)12-10(17(19)20)4-3-5-11(12)21-2/h3-8H,1-2H3,(H,14,15)(H,16,18). The minimum atomic E-state index is -0.611. The van der Waals surface area contributed by atoms with Crippen LogP contribution in [0.25, 0.3) is 0 Å². The van der Waals surface area contributed by atoms with Gasteiger partial charge in [-0.05, 0) is 13.0 Å². The summed E-state index contributed by atoms with van der Waals surface area (Å²) in [7, 11) is 1.36. The number of hydrogen-bond acceptors (Lipinski definition) is 5. The van der Waals surface area contributed by atoms with Crippen LogP contribution in [0.15, 0.2) is 30.6 Å². The topological polar surface area (TPSA) is 110 Å². The molecule has 0 bridgehead atoms. The van der Waals surface area contributed by atoms with Gasteiger partial charge >= 0.3 is 0 Å². The van der Waals surface area contributed by atoms with Crippen LogP contribution >= 0.6 is 0 Å². The predicted octanol–water partition coefficient (Wildman–Crippen LogP) is 1.82. The molecular formula is C13H14N4O4. The zero-order chi connectivity index (χ0) is 15.4. The summed E-state index contributed by atoms with van der Waals surface area (Å²) >= 11 is 0. The van der Waals surface area contributed by atoms with Gasteiger partial charge in [-0.3, -0.25) is 20.0 Å². The van der Waals surface area contributed by atoms with Crippen molar-refractivity contribution in [3.63, 3.8) is 0 Å². The molecule has 2 aromatic rings. The third kappa shape index (κ3) is 2.99. The number of hydrogen-bond donors (Lipinski definition) is 2. The average molecular weight is 290 g/mol. The van der Waals surface area contributed by atoms with Gasteiger partial charge in [0.15, 0.2) is 5.56 Å². The van der Waals surface area contributed by atoms with Gasteiger partial charge in [0.1, 0.15) is 5.75 Å². The molecule has 0 saturated carbocycles. The number of nitro benzene ring substituents is 1. The van der Waals surface area contributed by atoms with Crippen LogP contribution in [-0.4, -0.2) is 28.1 Å². The first-order chi connectivity index (χ1) is 10.0. The Morgan fingerprint density at radius 2 is 2.29 bits per heavy atom. The van der Waals surface area contributed by atoms with Crippen molar-refractivity contribution in [2.75, 3.05) is 7.11 Å². The highest BCUT2D eigenvalue weighted by molar-refractivity contribution is 6.01. The molecule has 0 saturated heterocycles. The molecule has 0 fully saturated rings. The molecule has 1 aromatic heterocycles.